The Kier molecular flexibility index (Phi) is 3.55. The highest BCUT2D eigenvalue weighted by molar-refractivity contribution is 6.20. The summed E-state index contributed by atoms with van der Waals surface area (Å²) in [6, 6.07) is 5.52. The molecule has 1 unspecified atom stereocenters. The molecule has 0 N–H and O–H groups in total. The fourth-order valence-electron chi connectivity index (χ4n) is 0.992. The van der Waals surface area contributed by atoms with Crippen LogP contribution in [0.15, 0.2) is 12.1 Å². The molecule has 1 nitrogen and oxygen atoms in total. The van der Waals surface area contributed by atoms with Crippen molar-refractivity contribution in [1.29, 1.82) is 0 Å². The van der Waals surface area contributed by atoms with E-state index in [9.17, 15) is 4.39 Å². The Bertz CT molecular complexity index is 286. The minimum atomic E-state index is -0.437. The molecule has 0 aromatic heterocycles. The van der Waals surface area contributed by atoms with E-state index in [0.29, 0.717) is 17.9 Å². The first kappa shape index (κ1) is 10.3. The van der Waals surface area contributed by atoms with Gasteiger partial charge in [0, 0.05) is 0 Å². The van der Waals surface area contributed by atoms with Crippen molar-refractivity contribution < 1.29 is 9.13 Å². The van der Waals surface area contributed by atoms with Gasteiger partial charge in [0.15, 0.2) is 0 Å². The molecule has 0 aliphatic carbocycles. The highest BCUT2D eigenvalue weighted by atomic mass is 35.5. The van der Waals surface area contributed by atoms with E-state index in [1.165, 1.54) is 6.07 Å². The van der Waals surface area contributed by atoms with Crippen LogP contribution in [-0.2, 0) is 0 Å². The second-order valence-electron chi connectivity index (χ2n) is 2.67. The Morgan fingerprint density at radius 2 is 2.31 bits per heavy atom. The summed E-state index contributed by atoms with van der Waals surface area (Å²) < 4.78 is 18.0. The molecule has 0 saturated heterocycles. The SMILES string of the molecule is CCOc1[c]c(F)cc(C(C)Cl)c1. The van der Waals surface area contributed by atoms with E-state index in [-0.39, 0.29) is 5.38 Å². The van der Waals surface area contributed by atoms with Crippen molar-refractivity contribution in [3.05, 3.63) is 29.6 Å². The molecular formula is C10H11ClFO. The van der Waals surface area contributed by atoms with E-state index in [2.05, 4.69) is 6.07 Å². The van der Waals surface area contributed by atoms with Crippen LogP contribution in [0.4, 0.5) is 4.39 Å². The van der Waals surface area contributed by atoms with Gasteiger partial charge in [0.05, 0.1) is 18.1 Å². The lowest BCUT2D eigenvalue weighted by molar-refractivity contribution is 0.337. The molecule has 0 aliphatic rings. The highest BCUT2D eigenvalue weighted by Gasteiger charge is 2.06. The number of hydrogen-bond acceptors (Lipinski definition) is 1. The van der Waals surface area contributed by atoms with Crippen LogP contribution in [0.1, 0.15) is 24.8 Å². The maximum absolute atomic E-state index is 12.9. The first-order chi connectivity index (χ1) is 6.13. The van der Waals surface area contributed by atoms with Gasteiger partial charge in [-0.25, -0.2) is 4.39 Å². The number of halogens is 2. The molecule has 13 heavy (non-hydrogen) atoms. The Labute approximate surface area is 82.5 Å². The molecule has 0 fully saturated rings. The van der Waals surface area contributed by atoms with Crippen molar-refractivity contribution in [2.45, 2.75) is 19.2 Å². The Morgan fingerprint density at radius 3 is 2.85 bits per heavy atom. The van der Waals surface area contributed by atoms with Crippen LogP contribution in [0.2, 0.25) is 0 Å². The second-order valence-corrected chi connectivity index (χ2v) is 3.33. The Morgan fingerprint density at radius 1 is 1.62 bits per heavy atom. The van der Waals surface area contributed by atoms with E-state index in [1.54, 1.807) is 13.0 Å². The fourth-order valence-corrected chi connectivity index (χ4v) is 1.12. The van der Waals surface area contributed by atoms with Gasteiger partial charge in [-0.1, -0.05) is 0 Å². The van der Waals surface area contributed by atoms with Gasteiger partial charge in [-0.15, -0.1) is 11.6 Å². The summed E-state index contributed by atoms with van der Waals surface area (Å²) in [5, 5.41) is -0.219. The molecule has 1 aromatic carbocycles. The minimum Gasteiger partial charge on any atom is -0.493 e. The minimum absolute atomic E-state index is 0.219. The van der Waals surface area contributed by atoms with Gasteiger partial charge in [-0.2, -0.15) is 0 Å². The number of ether oxygens (including phenoxy) is 1. The lowest BCUT2D eigenvalue weighted by atomic mass is 10.1. The second kappa shape index (κ2) is 4.47. The van der Waals surface area contributed by atoms with Crippen LogP contribution < -0.4 is 4.74 Å². The third kappa shape index (κ3) is 2.88. The Hall–Kier alpha value is -0.760. The molecule has 1 atom stereocenters. The summed E-state index contributed by atoms with van der Waals surface area (Å²) >= 11 is 5.81. The quantitative estimate of drug-likeness (QED) is 0.682. The van der Waals surface area contributed by atoms with Crippen LogP contribution in [0, 0.1) is 11.9 Å². The molecule has 3 heteroatoms. The number of alkyl halides is 1. The zero-order chi connectivity index (χ0) is 9.84. The zero-order valence-electron chi connectivity index (χ0n) is 7.60. The third-order valence-electron chi connectivity index (χ3n) is 1.59. The average Bonchev–Trinajstić information content (AvgIpc) is 2.03. The first-order valence-electron chi connectivity index (χ1n) is 4.13. The predicted molar refractivity (Wildman–Crippen MR) is 50.7 cm³/mol. The normalized spacial score (nSPS) is 12.6. The average molecular weight is 202 g/mol. The maximum atomic E-state index is 12.9. The van der Waals surface area contributed by atoms with E-state index >= 15 is 0 Å². The van der Waals surface area contributed by atoms with Gasteiger partial charge in [0.25, 0.3) is 0 Å². The van der Waals surface area contributed by atoms with Gasteiger partial charge in [-0.05, 0) is 31.5 Å². The van der Waals surface area contributed by atoms with E-state index in [4.69, 9.17) is 16.3 Å². The van der Waals surface area contributed by atoms with Crippen LogP contribution in [0.25, 0.3) is 0 Å². The predicted octanol–water partition coefficient (Wildman–Crippen LogP) is 3.32. The van der Waals surface area contributed by atoms with Crippen LogP contribution in [0.3, 0.4) is 0 Å². The molecule has 0 spiro atoms. The van der Waals surface area contributed by atoms with Crippen LogP contribution in [0.5, 0.6) is 5.75 Å². The zero-order valence-corrected chi connectivity index (χ0v) is 8.36. The molecular weight excluding hydrogens is 191 g/mol. The lowest BCUT2D eigenvalue weighted by Crippen LogP contribution is -1.95. The van der Waals surface area contributed by atoms with Crippen LogP contribution >= 0.6 is 11.6 Å². The molecule has 0 amide bonds. The van der Waals surface area contributed by atoms with Crippen molar-refractivity contribution in [1.82, 2.24) is 0 Å². The molecule has 0 aliphatic heterocycles. The molecule has 1 aromatic rings. The van der Waals surface area contributed by atoms with E-state index in [0.717, 1.165) is 0 Å². The molecule has 0 saturated carbocycles. The summed E-state index contributed by atoms with van der Waals surface area (Å²) in [5.74, 6) is -0.0292. The van der Waals surface area contributed by atoms with Gasteiger partial charge in [0.2, 0.25) is 0 Å². The molecule has 0 bridgehead atoms. The van der Waals surface area contributed by atoms with Gasteiger partial charge < -0.3 is 4.74 Å². The summed E-state index contributed by atoms with van der Waals surface area (Å²) in [6.07, 6.45) is 0. The molecule has 1 rings (SSSR count). The first-order valence-corrected chi connectivity index (χ1v) is 4.56. The summed E-state index contributed by atoms with van der Waals surface area (Å²) in [6.45, 7) is 4.12. The van der Waals surface area contributed by atoms with Crippen molar-refractivity contribution in [2.24, 2.45) is 0 Å². The van der Waals surface area contributed by atoms with Gasteiger partial charge in [-0.3, -0.25) is 0 Å². The monoisotopic (exact) mass is 201 g/mol. The van der Waals surface area contributed by atoms with Crippen molar-refractivity contribution >= 4 is 11.6 Å². The highest BCUT2D eigenvalue weighted by Crippen LogP contribution is 2.24. The molecule has 1 radical (unpaired) electrons. The smallest absolute Gasteiger partial charge is 0.135 e. The number of rotatable bonds is 3. The standard InChI is InChI=1S/C10H11ClFO/c1-3-13-10-5-8(7(2)11)4-9(12)6-10/h4-5,7H,3H2,1-2H3. The van der Waals surface area contributed by atoms with E-state index in [1.807, 2.05) is 6.92 Å². The summed E-state index contributed by atoms with van der Waals surface area (Å²) in [5.41, 5.74) is 0.710. The van der Waals surface area contributed by atoms with Gasteiger partial charge in [0.1, 0.15) is 11.6 Å². The topological polar surface area (TPSA) is 9.23 Å². The molecule has 71 valence electrons. The van der Waals surface area contributed by atoms with Gasteiger partial charge >= 0.3 is 0 Å². The third-order valence-corrected chi connectivity index (χ3v) is 1.84. The van der Waals surface area contributed by atoms with Crippen molar-refractivity contribution in [3.8, 4) is 5.75 Å². The van der Waals surface area contributed by atoms with Crippen LogP contribution in [-0.4, -0.2) is 6.61 Å². The van der Waals surface area contributed by atoms with E-state index < -0.39 is 5.82 Å². The lowest BCUT2D eigenvalue weighted by Gasteiger charge is -2.07. The number of hydrogen-bond donors (Lipinski definition) is 0. The largest absolute Gasteiger partial charge is 0.493 e. The maximum Gasteiger partial charge on any atom is 0.135 e. The molecule has 0 heterocycles. The number of benzene rings is 1. The van der Waals surface area contributed by atoms with Crippen molar-refractivity contribution in [3.63, 3.8) is 0 Å². The fraction of sp³-hybridized carbons (Fsp3) is 0.400. The summed E-state index contributed by atoms with van der Waals surface area (Å²) in [7, 11) is 0. The Balaban J connectivity index is 2.96. The summed E-state index contributed by atoms with van der Waals surface area (Å²) in [4.78, 5) is 0. The van der Waals surface area contributed by atoms with Crippen molar-refractivity contribution in [2.75, 3.05) is 6.61 Å².